The second-order valence-electron chi connectivity index (χ2n) is 9.39. The molecule has 0 spiro atoms. The monoisotopic (exact) mass is 379 g/mol. The van der Waals surface area contributed by atoms with Crippen LogP contribution in [0.25, 0.3) is 0 Å². The maximum atomic E-state index is 11.9. The molecule has 4 atom stereocenters. The summed E-state index contributed by atoms with van der Waals surface area (Å²) in [5, 5.41) is 9.70. The summed E-state index contributed by atoms with van der Waals surface area (Å²) in [6.45, 7) is 6.12. The topological polar surface area (TPSA) is 67.2 Å². The maximum absolute atomic E-state index is 11.9. The molecule has 0 bridgehead atoms. The molecule has 148 valence electrons. The van der Waals surface area contributed by atoms with Crippen molar-refractivity contribution in [2.75, 3.05) is 6.61 Å². The van der Waals surface area contributed by atoms with Crippen molar-refractivity contribution in [3.8, 4) is 6.07 Å². The average Bonchev–Trinajstić information content (AvgIpc) is 3.00. The summed E-state index contributed by atoms with van der Waals surface area (Å²) in [7, 11) is 0. The summed E-state index contributed by atoms with van der Waals surface area (Å²) in [5.74, 6) is 0.993. The molecule has 28 heavy (non-hydrogen) atoms. The van der Waals surface area contributed by atoms with Crippen molar-refractivity contribution >= 4 is 11.8 Å². The van der Waals surface area contributed by atoms with Gasteiger partial charge in [-0.2, -0.15) is 5.26 Å². The molecule has 0 aromatic heterocycles. The number of hydrogen-bond donors (Lipinski definition) is 0. The summed E-state index contributed by atoms with van der Waals surface area (Å²) >= 11 is 0. The second-order valence-corrected chi connectivity index (χ2v) is 9.39. The highest BCUT2D eigenvalue weighted by atomic mass is 16.5. The van der Waals surface area contributed by atoms with Crippen molar-refractivity contribution in [2.24, 2.45) is 22.7 Å². The van der Waals surface area contributed by atoms with Crippen molar-refractivity contribution in [3.05, 3.63) is 34.4 Å². The van der Waals surface area contributed by atoms with Gasteiger partial charge in [-0.1, -0.05) is 31.1 Å². The molecule has 0 aliphatic heterocycles. The third-order valence-corrected chi connectivity index (χ3v) is 8.04. The first-order chi connectivity index (χ1) is 13.3. The van der Waals surface area contributed by atoms with Crippen LogP contribution in [0, 0.1) is 34.0 Å². The van der Waals surface area contributed by atoms with Crippen LogP contribution in [0.15, 0.2) is 34.4 Å². The van der Waals surface area contributed by atoms with Crippen LogP contribution >= 0.6 is 0 Å². The largest absolute Gasteiger partial charge is 0.460 e. The number of carbonyl (C=O) groups is 2. The van der Waals surface area contributed by atoms with Gasteiger partial charge in [0.25, 0.3) is 0 Å². The van der Waals surface area contributed by atoms with E-state index >= 15 is 0 Å². The Hall–Kier alpha value is -2.15. The minimum Gasteiger partial charge on any atom is -0.460 e. The van der Waals surface area contributed by atoms with Gasteiger partial charge < -0.3 is 4.74 Å². The SMILES string of the molecule is CC(=O)OC/C(C#N)=C1\CC[C@H]2[C@@H]3CCC4=CC(=O)CC[C@]4(C)C3=CC[C@]12C. The highest BCUT2D eigenvalue weighted by Crippen LogP contribution is 2.64. The van der Waals surface area contributed by atoms with Gasteiger partial charge in [-0.25, -0.2) is 0 Å². The van der Waals surface area contributed by atoms with E-state index in [-0.39, 0.29) is 29.2 Å². The third kappa shape index (κ3) is 2.79. The highest BCUT2D eigenvalue weighted by Gasteiger charge is 2.54. The number of ketones is 1. The highest BCUT2D eigenvalue weighted by molar-refractivity contribution is 5.92. The smallest absolute Gasteiger partial charge is 0.302 e. The average molecular weight is 380 g/mol. The van der Waals surface area contributed by atoms with E-state index in [0.717, 1.165) is 38.5 Å². The molecule has 2 saturated carbocycles. The molecule has 4 nitrogen and oxygen atoms in total. The number of nitriles is 1. The fraction of sp³-hybridized carbons (Fsp3) is 0.625. The molecule has 4 aliphatic rings. The minimum atomic E-state index is -0.342. The standard InChI is InChI=1S/C24H29NO3/c1-15(26)28-14-16(13-25)20-6-7-21-19-5-4-17-12-18(27)8-10-23(17,2)22(19)9-11-24(20,21)3/h9,12,19,21H,4-8,10-11,14H2,1-3H3/b20-16+/t19-,21-,23-,24+/m0/s1. The zero-order chi connectivity index (χ0) is 20.1. The lowest BCUT2D eigenvalue weighted by molar-refractivity contribution is -0.139. The predicted molar refractivity (Wildman–Crippen MR) is 106 cm³/mol. The molecule has 0 radical (unpaired) electrons. The summed E-state index contributed by atoms with van der Waals surface area (Å²) in [6.07, 6.45) is 11.0. The van der Waals surface area contributed by atoms with Gasteiger partial charge in [0, 0.05) is 18.8 Å². The van der Waals surface area contributed by atoms with E-state index in [1.54, 1.807) is 5.57 Å². The molecule has 4 aliphatic carbocycles. The normalized spacial score (nSPS) is 38.3. The Morgan fingerprint density at radius 2 is 2.07 bits per heavy atom. The molecule has 4 rings (SSSR count). The van der Waals surface area contributed by atoms with Gasteiger partial charge in [0.2, 0.25) is 0 Å². The molecule has 0 aromatic carbocycles. The van der Waals surface area contributed by atoms with Crippen LogP contribution in [0.3, 0.4) is 0 Å². The number of allylic oxidation sites excluding steroid dienone is 5. The van der Waals surface area contributed by atoms with E-state index in [1.807, 2.05) is 6.08 Å². The quantitative estimate of drug-likeness (QED) is 0.392. The van der Waals surface area contributed by atoms with Crippen LogP contribution in [-0.2, 0) is 14.3 Å². The second kappa shape index (κ2) is 6.72. The first-order valence-electron chi connectivity index (χ1n) is 10.5. The molecular weight excluding hydrogens is 350 g/mol. The summed E-state index contributed by atoms with van der Waals surface area (Å²) in [6, 6.07) is 2.32. The number of carbonyl (C=O) groups excluding carboxylic acids is 2. The van der Waals surface area contributed by atoms with E-state index < -0.39 is 0 Å². The molecule has 0 amide bonds. The van der Waals surface area contributed by atoms with E-state index in [1.165, 1.54) is 18.1 Å². The summed E-state index contributed by atoms with van der Waals surface area (Å²) < 4.78 is 5.16. The van der Waals surface area contributed by atoms with Crippen LogP contribution < -0.4 is 0 Å². The molecule has 0 heterocycles. The van der Waals surface area contributed by atoms with E-state index in [4.69, 9.17) is 4.74 Å². The van der Waals surface area contributed by atoms with Crippen LogP contribution in [0.1, 0.15) is 65.7 Å². The van der Waals surface area contributed by atoms with Crippen molar-refractivity contribution in [3.63, 3.8) is 0 Å². The fourth-order valence-corrected chi connectivity index (χ4v) is 6.53. The number of esters is 1. The fourth-order valence-electron chi connectivity index (χ4n) is 6.53. The van der Waals surface area contributed by atoms with E-state index in [0.29, 0.717) is 23.8 Å². The van der Waals surface area contributed by atoms with Crippen molar-refractivity contribution in [1.82, 2.24) is 0 Å². The van der Waals surface area contributed by atoms with Crippen molar-refractivity contribution in [2.45, 2.75) is 65.7 Å². The third-order valence-electron chi connectivity index (χ3n) is 8.04. The first-order valence-corrected chi connectivity index (χ1v) is 10.5. The minimum absolute atomic E-state index is 0.0263. The van der Waals surface area contributed by atoms with Crippen LogP contribution in [0.2, 0.25) is 0 Å². The van der Waals surface area contributed by atoms with Crippen LogP contribution in [0.5, 0.6) is 0 Å². The lowest BCUT2D eigenvalue weighted by Crippen LogP contribution is -2.43. The number of nitrogens with zero attached hydrogens (tertiary/aromatic N) is 1. The Balaban J connectivity index is 1.70. The molecule has 0 saturated heterocycles. The van der Waals surface area contributed by atoms with Crippen molar-refractivity contribution < 1.29 is 14.3 Å². The lowest BCUT2D eigenvalue weighted by Gasteiger charge is -2.52. The van der Waals surface area contributed by atoms with Gasteiger partial charge in [-0.15, -0.1) is 0 Å². The molecule has 4 heteroatoms. The number of rotatable bonds is 2. The zero-order valence-electron chi connectivity index (χ0n) is 17.1. The Bertz CT molecular complexity index is 871. The van der Waals surface area contributed by atoms with Gasteiger partial charge in [0.05, 0.1) is 11.6 Å². The number of hydrogen-bond acceptors (Lipinski definition) is 4. The lowest BCUT2D eigenvalue weighted by atomic mass is 9.51. The maximum Gasteiger partial charge on any atom is 0.302 e. The Morgan fingerprint density at radius 1 is 1.29 bits per heavy atom. The summed E-state index contributed by atoms with van der Waals surface area (Å²) in [4.78, 5) is 23.2. The Morgan fingerprint density at radius 3 is 2.79 bits per heavy atom. The van der Waals surface area contributed by atoms with Gasteiger partial charge in [0.15, 0.2) is 5.78 Å². The Labute approximate surface area is 167 Å². The zero-order valence-corrected chi connectivity index (χ0v) is 17.1. The number of ether oxygens (including phenoxy) is 1. The predicted octanol–water partition coefficient (Wildman–Crippen LogP) is 4.82. The van der Waals surface area contributed by atoms with Gasteiger partial charge >= 0.3 is 5.97 Å². The molecule has 0 unspecified atom stereocenters. The number of fused-ring (bicyclic) bond motifs is 5. The van der Waals surface area contributed by atoms with Crippen LogP contribution in [-0.4, -0.2) is 18.4 Å². The van der Waals surface area contributed by atoms with Gasteiger partial charge in [-0.05, 0) is 67.4 Å². The van der Waals surface area contributed by atoms with Crippen molar-refractivity contribution in [1.29, 1.82) is 5.26 Å². The Kier molecular flexibility index (Phi) is 4.61. The molecular formula is C24H29NO3. The first kappa shape index (κ1) is 19.2. The van der Waals surface area contributed by atoms with E-state index in [9.17, 15) is 14.9 Å². The molecule has 0 N–H and O–H groups in total. The van der Waals surface area contributed by atoms with Crippen LogP contribution in [0.4, 0.5) is 0 Å². The van der Waals surface area contributed by atoms with E-state index in [2.05, 4.69) is 26.0 Å². The van der Waals surface area contributed by atoms with Gasteiger partial charge in [-0.3, -0.25) is 9.59 Å². The molecule has 2 fully saturated rings. The van der Waals surface area contributed by atoms with Gasteiger partial charge in [0.1, 0.15) is 6.61 Å². The molecule has 0 aromatic rings. The summed E-state index contributed by atoms with van der Waals surface area (Å²) in [5.41, 5.74) is 4.72.